The number of rotatable bonds is 2. The fourth-order valence-corrected chi connectivity index (χ4v) is 4.05. The van der Waals surface area contributed by atoms with E-state index in [4.69, 9.17) is 5.73 Å². The van der Waals surface area contributed by atoms with E-state index < -0.39 is 0 Å². The minimum Gasteiger partial charge on any atom is -0.396 e. The number of hydrogen-bond acceptors (Lipinski definition) is 5. The number of carbonyl (C=O) groups excluding carboxylic acids is 1. The third-order valence-corrected chi connectivity index (χ3v) is 5.20. The summed E-state index contributed by atoms with van der Waals surface area (Å²) in [6.45, 7) is 3.28. The second-order valence-corrected chi connectivity index (χ2v) is 6.46. The molecule has 0 aliphatic carbocycles. The molecule has 1 aromatic rings. The van der Waals surface area contributed by atoms with Crippen molar-refractivity contribution in [3.8, 4) is 0 Å². The van der Waals surface area contributed by atoms with Gasteiger partial charge >= 0.3 is 0 Å². The summed E-state index contributed by atoms with van der Waals surface area (Å²) in [5.41, 5.74) is 7.70. The fourth-order valence-electron chi connectivity index (χ4n) is 2.84. The van der Waals surface area contributed by atoms with Crippen molar-refractivity contribution in [3.05, 3.63) is 18.5 Å². The topological polar surface area (TPSA) is 62.5 Å². The summed E-state index contributed by atoms with van der Waals surface area (Å²) in [5.74, 6) is 2.72. The van der Waals surface area contributed by atoms with Crippen LogP contribution < -0.4 is 10.6 Å². The molecule has 2 fully saturated rings. The number of amides is 1. The van der Waals surface area contributed by atoms with Gasteiger partial charge in [0.05, 0.1) is 17.6 Å². The Morgan fingerprint density at radius 2 is 2.15 bits per heavy atom. The molecule has 3 heterocycles. The van der Waals surface area contributed by atoms with Gasteiger partial charge in [0, 0.05) is 44.0 Å². The Balaban J connectivity index is 1.59. The average molecular weight is 292 g/mol. The van der Waals surface area contributed by atoms with Crippen LogP contribution in [0.2, 0.25) is 0 Å². The lowest BCUT2D eigenvalue weighted by Crippen LogP contribution is -2.50. The quantitative estimate of drug-likeness (QED) is 0.883. The highest BCUT2D eigenvalue weighted by Crippen LogP contribution is 2.27. The molecule has 0 aromatic carbocycles. The first-order valence-electron chi connectivity index (χ1n) is 7.06. The van der Waals surface area contributed by atoms with Crippen LogP contribution in [0.25, 0.3) is 0 Å². The molecule has 1 atom stereocenters. The lowest BCUT2D eigenvalue weighted by molar-refractivity contribution is -0.135. The molecule has 2 N–H and O–H groups in total. The van der Waals surface area contributed by atoms with Crippen LogP contribution in [0.4, 0.5) is 11.4 Å². The molecule has 6 heteroatoms. The van der Waals surface area contributed by atoms with Gasteiger partial charge in [-0.25, -0.2) is 0 Å². The number of nitrogens with two attached hydrogens (primary N) is 1. The smallest absolute Gasteiger partial charge is 0.226 e. The minimum absolute atomic E-state index is 0.248. The number of hydrogen-bond donors (Lipinski definition) is 1. The van der Waals surface area contributed by atoms with Gasteiger partial charge in [0.25, 0.3) is 0 Å². The van der Waals surface area contributed by atoms with Crippen molar-refractivity contribution in [2.45, 2.75) is 6.42 Å². The maximum Gasteiger partial charge on any atom is 0.226 e. The molecule has 1 unspecified atom stereocenters. The molecule has 2 saturated heterocycles. The number of aromatic nitrogens is 1. The van der Waals surface area contributed by atoms with E-state index in [1.54, 1.807) is 12.4 Å². The predicted octanol–water partition coefficient (Wildman–Crippen LogP) is 1.07. The van der Waals surface area contributed by atoms with E-state index in [0.717, 1.165) is 49.8 Å². The Kier molecular flexibility index (Phi) is 4.00. The lowest BCUT2D eigenvalue weighted by Gasteiger charge is -2.37. The molecule has 0 saturated carbocycles. The normalized spacial score (nSPS) is 23.1. The maximum absolute atomic E-state index is 12.4. The van der Waals surface area contributed by atoms with Crippen molar-refractivity contribution in [2.24, 2.45) is 5.92 Å². The van der Waals surface area contributed by atoms with Gasteiger partial charge in [-0.05, 0) is 18.2 Å². The monoisotopic (exact) mass is 292 g/mol. The van der Waals surface area contributed by atoms with Gasteiger partial charge in [0.2, 0.25) is 5.91 Å². The van der Waals surface area contributed by atoms with E-state index in [0.29, 0.717) is 11.6 Å². The molecule has 0 radical (unpaired) electrons. The van der Waals surface area contributed by atoms with Gasteiger partial charge in [-0.3, -0.25) is 9.78 Å². The number of pyridine rings is 1. The predicted molar refractivity (Wildman–Crippen MR) is 82.9 cm³/mol. The second kappa shape index (κ2) is 5.91. The zero-order chi connectivity index (χ0) is 13.9. The van der Waals surface area contributed by atoms with E-state index in [9.17, 15) is 4.79 Å². The van der Waals surface area contributed by atoms with Gasteiger partial charge < -0.3 is 15.5 Å². The molecule has 1 aromatic heterocycles. The number of anilines is 2. The van der Waals surface area contributed by atoms with Gasteiger partial charge in [-0.15, -0.1) is 0 Å². The number of carbonyl (C=O) groups is 1. The van der Waals surface area contributed by atoms with E-state index in [2.05, 4.69) is 9.88 Å². The van der Waals surface area contributed by atoms with Crippen LogP contribution in [-0.2, 0) is 4.79 Å². The van der Waals surface area contributed by atoms with Gasteiger partial charge in [-0.1, -0.05) is 0 Å². The highest BCUT2D eigenvalue weighted by atomic mass is 32.2. The molecule has 0 spiro atoms. The Morgan fingerprint density at radius 1 is 1.35 bits per heavy atom. The molecule has 3 rings (SSSR count). The molecule has 1 amide bonds. The van der Waals surface area contributed by atoms with Crippen molar-refractivity contribution >= 4 is 29.0 Å². The molecule has 0 bridgehead atoms. The van der Waals surface area contributed by atoms with Crippen LogP contribution >= 0.6 is 11.8 Å². The average Bonchev–Trinajstić information content (AvgIpc) is 3.01. The maximum atomic E-state index is 12.4. The Morgan fingerprint density at radius 3 is 2.80 bits per heavy atom. The van der Waals surface area contributed by atoms with Crippen LogP contribution in [-0.4, -0.2) is 53.5 Å². The van der Waals surface area contributed by atoms with Crippen molar-refractivity contribution in [3.63, 3.8) is 0 Å². The summed E-state index contributed by atoms with van der Waals surface area (Å²) >= 11 is 1.89. The Hall–Kier alpha value is -1.43. The largest absolute Gasteiger partial charge is 0.396 e. The molecule has 2 aliphatic rings. The summed E-state index contributed by atoms with van der Waals surface area (Å²) in [5, 5.41) is 0. The number of piperazine rings is 1. The molecule has 108 valence electrons. The van der Waals surface area contributed by atoms with Gasteiger partial charge in [-0.2, -0.15) is 11.8 Å². The third kappa shape index (κ3) is 2.70. The number of nitrogens with zero attached hydrogens (tertiary/aromatic N) is 3. The first kappa shape index (κ1) is 13.5. The first-order valence-corrected chi connectivity index (χ1v) is 8.22. The highest BCUT2D eigenvalue weighted by molar-refractivity contribution is 7.99. The van der Waals surface area contributed by atoms with E-state index >= 15 is 0 Å². The summed E-state index contributed by atoms with van der Waals surface area (Å²) in [6.07, 6.45) is 4.49. The highest BCUT2D eigenvalue weighted by Gasteiger charge is 2.30. The van der Waals surface area contributed by atoms with Crippen molar-refractivity contribution in [1.29, 1.82) is 0 Å². The van der Waals surface area contributed by atoms with E-state index in [1.165, 1.54) is 0 Å². The lowest BCUT2D eigenvalue weighted by atomic mass is 10.1. The minimum atomic E-state index is 0.248. The SMILES string of the molecule is Nc1cnccc1N1CCN(C(=O)C2CCSC2)CC1. The van der Waals surface area contributed by atoms with Crippen LogP contribution in [0.5, 0.6) is 0 Å². The van der Waals surface area contributed by atoms with Gasteiger partial charge in [0.1, 0.15) is 0 Å². The Bertz CT molecular complexity index is 482. The summed E-state index contributed by atoms with van der Waals surface area (Å²) in [4.78, 5) is 20.6. The van der Waals surface area contributed by atoms with Crippen molar-refractivity contribution in [1.82, 2.24) is 9.88 Å². The molecule has 5 nitrogen and oxygen atoms in total. The number of thioether (sulfide) groups is 1. The van der Waals surface area contributed by atoms with Crippen LogP contribution in [0, 0.1) is 5.92 Å². The van der Waals surface area contributed by atoms with Gasteiger partial charge in [0.15, 0.2) is 0 Å². The van der Waals surface area contributed by atoms with Crippen LogP contribution in [0.15, 0.2) is 18.5 Å². The second-order valence-electron chi connectivity index (χ2n) is 5.31. The first-order chi connectivity index (χ1) is 9.75. The summed E-state index contributed by atoms with van der Waals surface area (Å²) < 4.78 is 0. The zero-order valence-electron chi connectivity index (χ0n) is 11.5. The zero-order valence-corrected chi connectivity index (χ0v) is 12.3. The summed E-state index contributed by atoms with van der Waals surface area (Å²) in [7, 11) is 0. The van der Waals surface area contributed by atoms with Crippen LogP contribution in [0.1, 0.15) is 6.42 Å². The third-order valence-electron chi connectivity index (χ3n) is 4.04. The molecule has 2 aliphatic heterocycles. The standard InChI is InChI=1S/C14H20N4OS/c15-12-9-16-3-1-13(12)17-4-6-18(7-5-17)14(19)11-2-8-20-10-11/h1,3,9,11H,2,4-8,10,15H2. The summed E-state index contributed by atoms with van der Waals surface area (Å²) in [6, 6.07) is 1.94. The van der Waals surface area contributed by atoms with E-state index in [-0.39, 0.29) is 5.92 Å². The molecule has 20 heavy (non-hydrogen) atoms. The van der Waals surface area contributed by atoms with Crippen LogP contribution in [0.3, 0.4) is 0 Å². The van der Waals surface area contributed by atoms with Crippen molar-refractivity contribution < 1.29 is 4.79 Å². The number of nitrogen functional groups attached to an aromatic ring is 1. The van der Waals surface area contributed by atoms with E-state index in [1.807, 2.05) is 22.7 Å². The fraction of sp³-hybridized carbons (Fsp3) is 0.571. The Labute approximate surface area is 123 Å². The van der Waals surface area contributed by atoms with Crippen molar-refractivity contribution in [2.75, 3.05) is 48.3 Å². The molecular formula is C14H20N4OS. The molecular weight excluding hydrogens is 272 g/mol.